The molecule has 4 nitrogen and oxygen atoms in total. The van der Waals surface area contributed by atoms with E-state index in [9.17, 15) is 27.5 Å². The Balaban J connectivity index is 1.80. The Morgan fingerprint density at radius 1 is 0.929 bits per heavy atom. The summed E-state index contributed by atoms with van der Waals surface area (Å²) in [4.78, 5) is 12.9. The zero-order valence-corrected chi connectivity index (χ0v) is 14.7. The van der Waals surface area contributed by atoms with E-state index in [4.69, 9.17) is 0 Å². The Morgan fingerprint density at radius 2 is 1.43 bits per heavy atom. The average Bonchev–Trinajstić information content (AvgIpc) is 3.04. The standard InChI is InChI=1S/C20H18F4O4/c21-18(22)27-14-7-3-12(4-8-14)17(25)16-2-1-11-20(16,26)13-5-9-15(10-6-13)28-19(23)24/h3-10,16,18-19,26H,1-2,11H2/t16-,20+/m1/s1. The highest BCUT2D eigenvalue weighted by Crippen LogP contribution is 2.45. The van der Waals surface area contributed by atoms with Gasteiger partial charge in [-0.1, -0.05) is 12.1 Å². The van der Waals surface area contributed by atoms with Gasteiger partial charge in [0.15, 0.2) is 5.78 Å². The maximum atomic E-state index is 12.9. The Bertz CT molecular complexity index is 808. The summed E-state index contributed by atoms with van der Waals surface area (Å²) < 4.78 is 57.6. The van der Waals surface area contributed by atoms with Gasteiger partial charge in [0.05, 0.1) is 11.5 Å². The fourth-order valence-electron chi connectivity index (χ4n) is 3.61. The van der Waals surface area contributed by atoms with Gasteiger partial charge < -0.3 is 14.6 Å². The van der Waals surface area contributed by atoms with Crippen molar-refractivity contribution < 1.29 is 36.9 Å². The quantitative estimate of drug-likeness (QED) is 0.540. The molecule has 1 N–H and O–H groups in total. The SMILES string of the molecule is O=C(c1ccc(OC(F)F)cc1)[C@H]1CCC[C@]1(O)c1ccc(OC(F)F)cc1. The molecule has 1 aliphatic rings. The molecule has 28 heavy (non-hydrogen) atoms. The van der Waals surface area contributed by atoms with Crippen molar-refractivity contribution in [3.05, 3.63) is 59.7 Å². The van der Waals surface area contributed by atoms with Crippen LogP contribution in [0.3, 0.4) is 0 Å². The third-order valence-corrected chi connectivity index (χ3v) is 4.89. The van der Waals surface area contributed by atoms with Gasteiger partial charge in [-0.05, 0) is 61.2 Å². The molecule has 0 aromatic heterocycles. The van der Waals surface area contributed by atoms with Crippen LogP contribution in [0.5, 0.6) is 11.5 Å². The van der Waals surface area contributed by atoms with Gasteiger partial charge in [0, 0.05) is 5.56 Å². The summed E-state index contributed by atoms with van der Waals surface area (Å²) in [5.41, 5.74) is -0.745. The number of carbonyl (C=O) groups excluding carboxylic acids is 1. The first-order valence-corrected chi connectivity index (χ1v) is 8.66. The largest absolute Gasteiger partial charge is 0.435 e. The number of Topliss-reactive ketones (excluding diaryl/α,β-unsaturated/α-hetero) is 1. The van der Waals surface area contributed by atoms with Crippen molar-refractivity contribution in [1.29, 1.82) is 0 Å². The number of hydrogen-bond acceptors (Lipinski definition) is 4. The number of ether oxygens (including phenoxy) is 2. The molecule has 0 radical (unpaired) electrons. The van der Waals surface area contributed by atoms with Crippen molar-refractivity contribution in [1.82, 2.24) is 0 Å². The van der Waals surface area contributed by atoms with Crippen molar-refractivity contribution in [2.24, 2.45) is 5.92 Å². The minimum atomic E-state index is -2.96. The van der Waals surface area contributed by atoms with Crippen molar-refractivity contribution in [3.63, 3.8) is 0 Å². The van der Waals surface area contributed by atoms with Gasteiger partial charge in [-0.15, -0.1) is 0 Å². The molecule has 1 fully saturated rings. The number of alkyl halides is 4. The van der Waals surface area contributed by atoms with Crippen molar-refractivity contribution in [3.8, 4) is 11.5 Å². The van der Waals surface area contributed by atoms with E-state index >= 15 is 0 Å². The van der Waals surface area contributed by atoms with Crippen LogP contribution in [0.1, 0.15) is 35.2 Å². The third-order valence-electron chi connectivity index (χ3n) is 4.89. The zero-order chi connectivity index (χ0) is 20.3. The fourth-order valence-corrected chi connectivity index (χ4v) is 3.61. The van der Waals surface area contributed by atoms with Crippen LogP contribution in [0.2, 0.25) is 0 Å². The number of halogens is 4. The molecule has 1 saturated carbocycles. The molecule has 2 atom stereocenters. The van der Waals surface area contributed by atoms with Crippen LogP contribution in [0.4, 0.5) is 17.6 Å². The lowest BCUT2D eigenvalue weighted by molar-refractivity contribution is -0.0505. The summed E-state index contributed by atoms with van der Waals surface area (Å²) in [5, 5.41) is 11.2. The van der Waals surface area contributed by atoms with E-state index in [2.05, 4.69) is 9.47 Å². The highest BCUT2D eigenvalue weighted by atomic mass is 19.3. The summed E-state index contributed by atoms with van der Waals surface area (Å²) in [6.45, 7) is -5.91. The molecule has 0 saturated heterocycles. The van der Waals surface area contributed by atoms with E-state index in [1.54, 1.807) is 0 Å². The molecule has 2 aromatic rings. The van der Waals surface area contributed by atoms with Gasteiger partial charge in [-0.3, -0.25) is 4.79 Å². The van der Waals surface area contributed by atoms with Gasteiger partial charge in [0.2, 0.25) is 0 Å². The first-order valence-electron chi connectivity index (χ1n) is 8.66. The topological polar surface area (TPSA) is 55.8 Å². The van der Waals surface area contributed by atoms with Crippen molar-refractivity contribution in [2.45, 2.75) is 38.1 Å². The molecular weight excluding hydrogens is 380 g/mol. The van der Waals surface area contributed by atoms with Gasteiger partial charge in [-0.25, -0.2) is 0 Å². The lowest BCUT2D eigenvalue weighted by Crippen LogP contribution is -2.35. The number of carbonyl (C=O) groups is 1. The lowest BCUT2D eigenvalue weighted by Gasteiger charge is -2.30. The van der Waals surface area contributed by atoms with Gasteiger partial charge in [0.25, 0.3) is 0 Å². The minimum Gasteiger partial charge on any atom is -0.435 e. The highest BCUT2D eigenvalue weighted by molar-refractivity contribution is 5.99. The van der Waals surface area contributed by atoms with Crippen LogP contribution < -0.4 is 9.47 Å². The number of ketones is 1. The van der Waals surface area contributed by atoms with Crippen LogP contribution >= 0.6 is 0 Å². The normalized spacial score (nSPS) is 21.9. The first kappa shape index (κ1) is 20.1. The number of hydrogen-bond donors (Lipinski definition) is 1. The Morgan fingerprint density at radius 3 is 1.93 bits per heavy atom. The Kier molecular flexibility index (Phi) is 5.88. The molecule has 0 aliphatic heterocycles. The summed E-state index contributed by atoms with van der Waals surface area (Å²) >= 11 is 0. The Hall–Kier alpha value is -2.61. The summed E-state index contributed by atoms with van der Waals surface area (Å²) in [6, 6.07) is 10.8. The van der Waals surface area contributed by atoms with Crippen LogP contribution in [0.25, 0.3) is 0 Å². The molecule has 0 amide bonds. The molecule has 0 heterocycles. The number of aliphatic hydroxyl groups is 1. The third kappa shape index (κ3) is 4.27. The van der Waals surface area contributed by atoms with Gasteiger partial charge in [-0.2, -0.15) is 17.6 Å². The van der Waals surface area contributed by atoms with Crippen LogP contribution in [-0.2, 0) is 5.60 Å². The monoisotopic (exact) mass is 398 g/mol. The average molecular weight is 398 g/mol. The van der Waals surface area contributed by atoms with Crippen molar-refractivity contribution in [2.75, 3.05) is 0 Å². The smallest absolute Gasteiger partial charge is 0.387 e. The van der Waals surface area contributed by atoms with Gasteiger partial charge in [0.1, 0.15) is 11.5 Å². The van der Waals surface area contributed by atoms with Gasteiger partial charge >= 0.3 is 13.2 Å². The lowest BCUT2D eigenvalue weighted by atomic mass is 9.79. The second-order valence-electron chi connectivity index (χ2n) is 6.54. The molecule has 3 rings (SSSR count). The number of benzene rings is 2. The molecule has 8 heteroatoms. The number of rotatable bonds is 7. The molecule has 0 bridgehead atoms. The zero-order valence-electron chi connectivity index (χ0n) is 14.7. The molecule has 1 aliphatic carbocycles. The molecule has 0 spiro atoms. The Labute approximate surface area is 158 Å². The van der Waals surface area contributed by atoms with E-state index in [-0.39, 0.29) is 22.8 Å². The van der Waals surface area contributed by atoms with E-state index in [1.807, 2.05) is 0 Å². The second kappa shape index (κ2) is 8.18. The highest BCUT2D eigenvalue weighted by Gasteiger charge is 2.46. The molecular formula is C20H18F4O4. The maximum Gasteiger partial charge on any atom is 0.387 e. The molecule has 150 valence electrons. The predicted octanol–water partition coefficient (Wildman–Crippen LogP) is 4.76. The second-order valence-corrected chi connectivity index (χ2v) is 6.54. The summed E-state index contributed by atoms with van der Waals surface area (Å²) in [5.74, 6) is -1.17. The van der Waals surface area contributed by atoms with E-state index in [0.29, 0.717) is 24.8 Å². The fraction of sp³-hybridized carbons (Fsp3) is 0.350. The minimum absolute atomic E-state index is 0.0437. The predicted molar refractivity (Wildman–Crippen MR) is 91.7 cm³/mol. The first-order chi connectivity index (χ1) is 13.3. The van der Waals surface area contributed by atoms with Crippen LogP contribution in [0.15, 0.2) is 48.5 Å². The van der Waals surface area contributed by atoms with E-state index in [1.165, 1.54) is 48.5 Å². The summed E-state index contributed by atoms with van der Waals surface area (Å²) in [6.07, 6.45) is 1.39. The van der Waals surface area contributed by atoms with Crippen LogP contribution in [0, 0.1) is 5.92 Å². The van der Waals surface area contributed by atoms with Crippen LogP contribution in [-0.4, -0.2) is 24.1 Å². The summed E-state index contributed by atoms with van der Waals surface area (Å²) in [7, 11) is 0. The maximum absolute atomic E-state index is 12.9. The van der Waals surface area contributed by atoms with E-state index in [0.717, 1.165) is 0 Å². The van der Waals surface area contributed by atoms with Crippen molar-refractivity contribution >= 4 is 5.78 Å². The molecule has 2 aromatic carbocycles. The molecule has 0 unspecified atom stereocenters. The van der Waals surface area contributed by atoms with E-state index < -0.39 is 24.7 Å².